The number of hydrogen-bond acceptors (Lipinski definition) is 3. The molecule has 0 aromatic carbocycles. The number of nitrogens with one attached hydrogen (secondary N) is 1. The van der Waals surface area contributed by atoms with Gasteiger partial charge in [-0.3, -0.25) is 0 Å². The molecule has 1 heterocycles. The van der Waals surface area contributed by atoms with Crippen molar-refractivity contribution in [3.05, 3.63) is 0 Å². The fourth-order valence-corrected chi connectivity index (χ4v) is 2.02. The third-order valence-corrected chi connectivity index (χ3v) is 3.25. The monoisotopic (exact) mass is 214 g/mol. The smallest absolute Gasteiger partial charge is 0.0495 e. The van der Waals surface area contributed by atoms with Gasteiger partial charge in [-0.1, -0.05) is 13.8 Å². The number of likely N-dealkylation sites (N-methyl/N-ethyl adjacent to an activating group) is 1. The average molecular weight is 214 g/mol. The molecule has 1 saturated heterocycles. The van der Waals surface area contributed by atoms with Crippen LogP contribution in [0.15, 0.2) is 0 Å². The highest BCUT2D eigenvalue weighted by molar-refractivity contribution is 4.65. The Hall–Kier alpha value is -0.120. The van der Waals surface area contributed by atoms with E-state index in [-0.39, 0.29) is 0 Å². The summed E-state index contributed by atoms with van der Waals surface area (Å²) in [6, 6.07) is 0. The Morgan fingerprint density at radius 3 is 2.67 bits per heavy atom. The van der Waals surface area contributed by atoms with Crippen LogP contribution in [0.5, 0.6) is 0 Å². The van der Waals surface area contributed by atoms with Gasteiger partial charge in [-0.25, -0.2) is 0 Å². The van der Waals surface area contributed by atoms with Crippen LogP contribution in [0.3, 0.4) is 0 Å². The van der Waals surface area contributed by atoms with E-state index in [0.29, 0.717) is 0 Å². The molecule has 0 aromatic heterocycles. The Morgan fingerprint density at radius 2 is 2.07 bits per heavy atom. The summed E-state index contributed by atoms with van der Waals surface area (Å²) < 4.78 is 5.35. The number of rotatable bonds is 8. The summed E-state index contributed by atoms with van der Waals surface area (Å²) in [5, 5.41) is 3.51. The zero-order valence-electron chi connectivity index (χ0n) is 10.3. The molecule has 1 N–H and O–H groups in total. The second-order valence-electron chi connectivity index (χ2n) is 4.30. The van der Waals surface area contributed by atoms with E-state index in [1.807, 2.05) is 0 Å². The van der Waals surface area contributed by atoms with Crippen LogP contribution in [0.2, 0.25) is 0 Å². The molecule has 0 radical (unpaired) electrons. The zero-order valence-corrected chi connectivity index (χ0v) is 10.3. The van der Waals surface area contributed by atoms with Gasteiger partial charge in [0.25, 0.3) is 0 Å². The van der Waals surface area contributed by atoms with Crippen molar-refractivity contribution in [1.29, 1.82) is 0 Å². The maximum atomic E-state index is 5.35. The van der Waals surface area contributed by atoms with Crippen molar-refractivity contribution < 1.29 is 4.74 Å². The lowest BCUT2D eigenvalue weighted by atomic mass is 10.1. The second kappa shape index (κ2) is 8.08. The van der Waals surface area contributed by atoms with Gasteiger partial charge in [0.05, 0.1) is 0 Å². The van der Waals surface area contributed by atoms with Crippen LogP contribution in [0.4, 0.5) is 0 Å². The number of hydrogen-bond donors (Lipinski definition) is 1. The normalized spacial score (nSPS) is 21.4. The van der Waals surface area contributed by atoms with Gasteiger partial charge in [0.1, 0.15) is 0 Å². The van der Waals surface area contributed by atoms with E-state index in [4.69, 9.17) is 4.74 Å². The molecule has 0 aliphatic carbocycles. The summed E-state index contributed by atoms with van der Waals surface area (Å²) >= 11 is 0. The Balaban J connectivity index is 1.87. The first-order valence-corrected chi connectivity index (χ1v) is 6.37. The van der Waals surface area contributed by atoms with Crippen molar-refractivity contribution in [2.24, 2.45) is 5.92 Å². The van der Waals surface area contributed by atoms with Crippen LogP contribution < -0.4 is 5.32 Å². The maximum absolute atomic E-state index is 5.35. The van der Waals surface area contributed by atoms with Gasteiger partial charge in [-0.2, -0.15) is 0 Å². The van der Waals surface area contributed by atoms with Crippen LogP contribution in [-0.4, -0.2) is 50.8 Å². The Labute approximate surface area is 94.2 Å². The fourth-order valence-electron chi connectivity index (χ4n) is 2.02. The van der Waals surface area contributed by atoms with Gasteiger partial charge in [0.2, 0.25) is 0 Å². The van der Waals surface area contributed by atoms with Crippen LogP contribution in [-0.2, 0) is 4.74 Å². The molecule has 15 heavy (non-hydrogen) atoms. The van der Waals surface area contributed by atoms with E-state index in [2.05, 4.69) is 24.1 Å². The lowest BCUT2D eigenvalue weighted by molar-refractivity contribution is 0.184. The molecule has 1 aliphatic heterocycles. The highest BCUT2D eigenvalue weighted by Gasteiger charge is 2.14. The van der Waals surface area contributed by atoms with Gasteiger partial charge in [0, 0.05) is 26.3 Å². The lowest BCUT2D eigenvalue weighted by Gasteiger charge is -2.18. The highest BCUT2D eigenvalue weighted by Crippen LogP contribution is 2.14. The first-order valence-electron chi connectivity index (χ1n) is 6.37. The Kier molecular flexibility index (Phi) is 6.98. The zero-order chi connectivity index (χ0) is 10.9. The molecule has 1 aliphatic rings. The Bertz CT molecular complexity index is 139. The molecule has 0 aromatic rings. The SMILES string of the molecule is CCN(CC)CCNCCC1CCOC1. The van der Waals surface area contributed by atoms with Gasteiger partial charge in [-0.05, 0) is 38.4 Å². The molecular weight excluding hydrogens is 188 g/mol. The summed E-state index contributed by atoms with van der Waals surface area (Å²) in [5.74, 6) is 0.811. The largest absolute Gasteiger partial charge is 0.381 e. The summed E-state index contributed by atoms with van der Waals surface area (Å²) in [6.07, 6.45) is 2.54. The van der Waals surface area contributed by atoms with E-state index in [9.17, 15) is 0 Å². The molecule has 1 atom stereocenters. The molecule has 1 fully saturated rings. The number of nitrogens with zero attached hydrogens (tertiary/aromatic N) is 1. The average Bonchev–Trinajstić information content (AvgIpc) is 2.76. The maximum Gasteiger partial charge on any atom is 0.0495 e. The van der Waals surface area contributed by atoms with E-state index in [0.717, 1.165) is 45.3 Å². The van der Waals surface area contributed by atoms with Gasteiger partial charge in [0.15, 0.2) is 0 Å². The van der Waals surface area contributed by atoms with Gasteiger partial charge in [-0.15, -0.1) is 0 Å². The lowest BCUT2D eigenvalue weighted by Crippen LogP contribution is -2.32. The van der Waals surface area contributed by atoms with Crippen molar-refractivity contribution in [1.82, 2.24) is 10.2 Å². The standard InChI is InChI=1S/C12H26N2O/c1-3-14(4-2)9-8-13-7-5-12-6-10-15-11-12/h12-13H,3-11H2,1-2H3. The summed E-state index contributed by atoms with van der Waals surface area (Å²) in [4.78, 5) is 2.45. The van der Waals surface area contributed by atoms with Crippen LogP contribution in [0.25, 0.3) is 0 Å². The molecule has 0 saturated carbocycles. The quantitative estimate of drug-likeness (QED) is 0.617. The van der Waals surface area contributed by atoms with E-state index < -0.39 is 0 Å². The molecule has 3 nitrogen and oxygen atoms in total. The molecule has 1 rings (SSSR count). The first-order chi connectivity index (χ1) is 7.36. The van der Waals surface area contributed by atoms with Gasteiger partial charge >= 0.3 is 0 Å². The first kappa shape index (κ1) is 12.9. The third kappa shape index (κ3) is 5.50. The highest BCUT2D eigenvalue weighted by atomic mass is 16.5. The molecule has 3 heteroatoms. The summed E-state index contributed by atoms with van der Waals surface area (Å²) in [5.41, 5.74) is 0. The predicted molar refractivity (Wildman–Crippen MR) is 64.2 cm³/mol. The summed E-state index contributed by atoms with van der Waals surface area (Å²) in [6.45, 7) is 12.2. The topological polar surface area (TPSA) is 24.5 Å². The van der Waals surface area contributed by atoms with Gasteiger partial charge < -0.3 is 15.0 Å². The summed E-state index contributed by atoms with van der Waals surface area (Å²) in [7, 11) is 0. The minimum Gasteiger partial charge on any atom is -0.381 e. The molecule has 0 amide bonds. The molecule has 0 spiro atoms. The van der Waals surface area contributed by atoms with Crippen molar-refractivity contribution in [3.8, 4) is 0 Å². The van der Waals surface area contributed by atoms with Crippen LogP contribution >= 0.6 is 0 Å². The van der Waals surface area contributed by atoms with Crippen molar-refractivity contribution in [2.75, 3.05) is 45.9 Å². The van der Waals surface area contributed by atoms with Crippen molar-refractivity contribution >= 4 is 0 Å². The molecular formula is C12H26N2O. The van der Waals surface area contributed by atoms with E-state index >= 15 is 0 Å². The van der Waals surface area contributed by atoms with Crippen molar-refractivity contribution in [3.63, 3.8) is 0 Å². The predicted octanol–water partition coefficient (Wildman–Crippen LogP) is 1.34. The Morgan fingerprint density at radius 1 is 1.27 bits per heavy atom. The molecule has 1 unspecified atom stereocenters. The minimum atomic E-state index is 0.811. The molecule has 0 bridgehead atoms. The molecule has 90 valence electrons. The second-order valence-corrected chi connectivity index (χ2v) is 4.30. The third-order valence-electron chi connectivity index (χ3n) is 3.25. The van der Waals surface area contributed by atoms with Crippen molar-refractivity contribution in [2.45, 2.75) is 26.7 Å². The van der Waals surface area contributed by atoms with E-state index in [1.54, 1.807) is 0 Å². The fraction of sp³-hybridized carbons (Fsp3) is 1.00. The van der Waals surface area contributed by atoms with E-state index in [1.165, 1.54) is 19.4 Å². The number of ether oxygens (including phenoxy) is 1. The van der Waals surface area contributed by atoms with Crippen LogP contribution in [0.1, 0.15) is 26.7 Å². The minimum absolute atomic E-state index is 0.811. The van der Waals surface area contributed by atoms with Crippen LogP contribution in [0, 0.1) is 5.92 Å².